The smallest absolute Gasteiger partial charge is 0.318 e. The van der Waals surface area contributed by atoms with Crippen LogP contribution in [0.4, 0.5) is 4.79 Å². The maximum Gasteiger partial charge on any atom is 0.318 e. The fourth-order valence-corrected chi connectivity index (χ4v) is 2.97. The number of benzene rings is 1. The van der Waals surface area contributed by atoms with Crippen molar-refractivity contribution >= 4 is 11.9 Å². The number of ether oxygens (including phenoxy) is 1. The minimum absolute atomic E-state index is 0.158. The maximum atomic E-state index is 12.4. The average molecular weight is 373 g/mol. The number of nitrogens with zero attached hydrogens (tertiary/aromatic N) is 3. The summed E-state index contributed by atoms with van der Waals surface area (Å²) in [5, 5.41) is 6.82. The first kappa shape index (κ1) is 18.7. The minimum Gasteiger partial charge on any atom is -0.497 e. The van der Waals surface area contributed by atoms with E-state index >= 15 is 0 Å². The normalized spacial score (nSPS) is 16.0. The Morgan fingerprint density at radius 3 is 2.56 bits per heavy atom. The van der Waals surface area contributed by atoms with E-state index in [9.17, 15) is 9.59 Å². The van der Waals surface area contributed by atoms with E-state index in [0.29, 0.717) is 37.6 Å². The van der Waals surface area contributed by atoms with Gasteiger partial charge in [0.25, 0.3) is 0 Å². The number of carbonyl (C=O) groups excluding carboxylic acids is 2. The monoisotopic (exact) mass is 373 g/mol. The van der Waals surface area contributed by atoms with E-state index in [1.807, 2.05) is 24.3 Å². The van der Waals surface area contributed by atoms with Crippen molar-refractivity contribution in [3.8, 4) is 17.1 Å². The summed E-state index contributed by atoms with van der Waals surface area (Å²) in [5.41, 5.74) is 6.11. The Balaban J connectivity index is 1.58. The quantitative estimate of drug-likeness (QED) is 0.822. The molecule has 0 aliphatic carbocycles. The van der Waals surface area contributed by atoms with Gasteiger partial charge in [0, 0.05) is 24.6 Å². The first-order valence-electron chi connectivity index (χ1n) is 8.80. The number of methoxy groups -OCH3 is 1. The molecule has 1 aliphatic rings. The molecule has 1 fully saturated rings. The predicted octanol–water partition coefficient (Wildman–Crippen LogP) is 1.71. The van der Waals surface area contributed by atoms with Gasteiger partial charge in [-0.05, 0) is 44.0 Å². The number of amides is 3. The molecule has 0 unspecified atom stereocenters. The molecule has 9 heteroatoms. The standard InChI is InChI=1S/C18H23N5O4/c1-11(20-18(25)23-9-7-12(8-10-23)15(19)24)17-21-16(22-27-17)13-3-5-14(26-2)6-4-13/h3-6,11-12H,7-10H2,1-2H3,(H2,19,24)(H,20,25)/t11-/m1/s1. The Morgan fingerprint density at radius 1 is 1.30 bits per heavy atom. The van der Waals surface area contributed by atoms with Gasteiger partial charge in [-0.1, -0.05) is 5.16 Å². The van der Waals surface area contributed by atoms with Crippen LogP contribution < -0.4 is 15.8 Å². The minimum atomic E-state index is -0.439. The molecule has 2 aromatic rings. The fourth-order valence-electron chi connectivity index (χ4n) is 2.97. The first-order chi connectivity index (χ1) is 13.0. The first-order valence-corrected chi connectivity index (χ1v) is 8.80. The van der Waals surface area contributed by atoms with Crippen molar-refractivity contribution in [2.75, 3.05) is 20.2 Å². The molecule has 3 rings (SSSR count). The summed E-state index contributed by atoms with van der Waals surface area (Å²) in [4.78, 5) is 29.6. The van der Waals surface area contributed by atoms with E-state index in [1.165, 1.54) is 0 Å². The number of carbonyl (C=O) groups is 2. The molecule has 1 aliphatic heterocycles. The predicted molar refractivity (Wildman–Crippen MR) is 96.7 cm³/mol. The Bertz CT molecular complexity index is 796. The molecule has 0 spiro atoms. The molecule has 3 N–H and O–H groups in total. The van der Waals surface area contributed by atoms with E-state index in [1.54, 1.807) is 18.9 Å². The number of hydrogen-bond acceptors (Lipinski definition) is 6. The van der Waals surface area contributed by atoms with Gasteiger partial charge in [0.2, 0.25) is 17.6 Å². The van der Waals surface area contributed by atoms with Crippen molar-refractivity contribution in [1.82, 2.24) is 20.4 Å². The van der Waals surface area contributed by atoms with Crippen LogP contribution in [0, 0.1) is 5.92 Å². The van der Waals surface area contributed by atoms with Crippen LogP contribution in [0.5, 0.6) is 5.75 Å². The van der Waals surface area contributed by atoms with Crippen molar-refractivity contribution in [3.63, 3.8) is 0 Å². The number of likely N-dealkylation sites (tertiary alicyclic amines) is 1. The van der Waals surface area contributed by atoms with E-state index in [-0.39, 0.29) is 17.9 Å². The van der Waals surface area contributed by atoms with Crippen molar-refractivity contribution in [2.24, 2.45) is 11.7 Å². The van der Waals surface area contributed by atoms with Crippen LogP contribution >= 0.6 is 0 Å². The second-order valence-electron chi connectivity index (χ2n) is 6.52. The number of urea groups is 1. The Hall–Kier alpha value is -3.10. The highest BCUT2D eigenvalue weighted by Gasteiger charge is 2.27. The summed E-state index contributed by atoms with van der Waals surface area (Å²) in [6, 6.07) is 6.62. The molecule has 9 nitrogen and oxygen atoms in total. The van der Waals surface area contributed by atoms with Crippen LogP contribution in [-0.4, -0.2) is 47.2 Å². The number of primary amides is 1. The Labute approximate surface area is 156 Å². The third-order valence-corrected chi connectivity index (χ3v) is 4.68. The molecule has 27 heavy (non-hydrogen) atoms. The van der Waals surface area contributed by atoms with Gasteiger partial charge in [0.05, 0.1) is 7.11 Å². The van der Waals surface area contributed by atoms with Crippen LogP contribution in [0.1, 0.15) is 31.7 Å². The van der Waals surface area contributed by atoms with Crippen molar-refractivity contribution in [2.45, 2.75) is 25.8 Å². The highest BCUT2D eigenvalue weighted by molar-refractivity contribution is 5.78. The molecule has 0 bridgehead atoms. The van der Waals surface area contributed by atoms with E-state index in [4.69, 9.17) is 15.0 Å². The zero-order valence-electron chi connectivity index (χ0n) is 15.3. The van der Waals surface area contributed by atoms with Gasteiger partial charge in [0.1, 0.15) is 11.8 Å². The Morgan fingerprint density at radius 2 is 1.96 bits per heavy atom. The SMILES string of the molecule is COc1ccc(-c2noc([C@@H](C)NC(=O)N3CCC(C(N)=O)CC3)n2)cc1. The summed E-state index contributed by atoms with van der Waals surface area (Å²) >= 11 is 0. The van der Waals surface area contributed by atoms with Crippen LogP contribution in [0.2, 0.25) is 0 Å². The van der Waals surface area contributed by atoms with Gasteiger partial charge >= 0.3 is 6.03 Å². The highest BCUT2D eigenvalue weighted by Crippen LogP contribution is 2.22. The van der Waals surface area contributed by atoms with E-state index < -0.39 is 6.04 Å². The summed E-state index contributed by atoms with van der Waals surface area (Å²) in [5.74, 6) is 1.04. The Kier molecular flexibility index (Phi) is 5.58. The summed E-state index contributed by atoms with van der Waals surface area (Å²) in [6.07, 6.45) is 1.17. The number of piperidine rings is 1. The lowest BCUT2D eigenvalue weighted by molar-refractivity contribution is -0.123. The third-order valence-electron chi connectivity index (χ3n) is 4.68. The van der Waals surface area contributed by atoms with Crippen molar-refractivity contribution in [3.05, 3.63) is 30.2 Å². The highest BCUT2D eigenvalue weighted by atomic mass is 16.5. The van der Waals surface area contributed by atoms with Gasteiger partial charge in [-0.3, -0.25) is 4.79 Å². The summed E-state index contributed by atoms with van der Waals surface area (Å²) in [7, 11) is 1.60. The lowest BCUT2D eigenvalue weighted by atomic mass is 9.96. The lowest BCUT2D eigenvalue weighted by Gasteiger charge is -2.31. The number of rotatable bonds is 5. The molecule has 2 heterocycles. The van der Waals surface area contributed by atoms with Gasteiger partial charge in [0.15, 0.2) is 0 Å². The lowest BCUT2D eigenvalue weighted by Crippen LogP contribution is -2.46. The molecule has 1 saturated heterocycles. The van der Waals surface area contributed by atoms with Crippen molar-refractivity contribution in [1.29, 1.82) is 0 Å². The topological polar surface area (TPSA) is 124 Å². The molecular formula is C18H23N5O4. The summed E-state index contributed by atoms with van der Waals surface area (Å²) in [6.45, 7) is 2.76. The van der Waals surface area contributed by atoms with Crippen molar-refractivity contribution < 1.29 is 18.8 Å². The molecule has 144 valence electrons. The van der Waals surface area contributed by atoms with E-state index in [0.717, 1.165) is 11.3 Å². The van der Waals surface area contributed by atoms with Gasteiger partial charge in [-0.15, -0.1) is 0 Å². The summed E-state index contributed by atoms with van der Waals surface area (Å²) < 4.78 is 10.4. The van der Waals surface area contributed by atoms with Crippen LogP contribution in [0.25, 0.3) is 11.4 Å². The molecular weight excluding hydrogens is 350 g/mol. The number of nitrogens with one attached hydrogen (secondary N) is 1. The van der Waals surface area contributed by atoms with Gasteiger partial charge in [-0.2, -0.15) is 4.98 Å². The van der Waals surface area contributed by atoms with Crippen LogP contribution in [0.3, 0.4) is 0 Å². The number of hydrogen-bond donors (Lipinski definition) is 2. The van der Waals surface area contributed by atoms with E-state index in [2.05, 4.69) is 15.5 Å². The molecule has 1 atom stereocenters. The van der Waals surface area contributed by atoms with Gasteiger partial charge < -0.3 is 25.2 Å². The largest absolute Gasteiger partial charge is 0.497 e. The third kappa shape index (κ3) is 4.36. The molecule has 1 aromatic heterocycles. The number of nitrogens with two attached hydrogens (primary N) is 1. The number of aromatic nitrogens is 2. The maximum absolute atomic E-state index is 12.4. The molecule has 1 aromatic carbocycles. The molecule has 3 amide bonds. The van der Waals surface area contributed by atoms with Crippen LogP contribution in [-0.2, 0) is 4.79 Å². The second-order valence-corrected chi connectivity index (χ2v) is 6.52. The zero-order valence-corrected chi connectivity index (χ0v) is 15.3. The molecule has 0 saturated carbocycles. The average Bonchev–Trinajstić information content (AvgIpc) is 3.18. The second kappa shape index (κ2) is 8.07. The van der Waals surface area contributed by atoms with Crippen LogP contribution in [0.15, 0.2) is 28.8 Å². The fraction of sp³-hybridized carbons (Fsp3) is 0.444. The van der Waals surface area contributed by atoms with Gasteiger partial charge in [-0.25, -0.2) is 4.79 Å². The molecule has 0 radical (unpaired) electrons. The zero-order chi connectivity index (χ0) is 19.4.